The minimum Gasteiger partial charge on any atom is -0.496 e. The fraction of sp³-hybridized carbons (Fsp3) is 0.143. The van der Waals surface area contributed by atoms with Crippen LogP contribution in [0.2, 0.25) is 0 Å². The Morgan fingerprint density at radius 3 is 2.63 bits per heavy atom. The SMILES string of the molecule is COc1ccccc1C1=NN(C(=O)Nc2ccccc2)[C@@H](c2ccco2)C1. The Balaban J connectivity index is 1.66. The summed E-state index contributed by atoms with van der Waals surface area (Å²) in [5.41, 5.74) is 2.35. The summed E-state index contributed by atoms with van der Waals surface area (Å²) < 4.78 is 11.0. The Morgan fingerprint density at radius 1 is 1.11 bits per heavy atom. The predicted molar refractivity (Wildman–Crippen MR) is 103 cm³/mol. The highest BCUT2D eigenvalue weighted by atomic mass is 16.5. The van der Waals surface area contributed by atoms with Crippen molar-refractivity contribution >= 4 is 17.4 Å². The molecular formula is C21H19N3O3. The summed E-state index contributed by atoms with van der Waals surface area (Å²) in [7, 11) is 1.62. The maximum absolute atomic E-state index is 12.9. The van der Waals surface area contributed by atoms with E-state index in [-0.39, 0.29) is 12.1 Å². The molecule has 1 atom stereocenters. The van der Waals surface area contributed by atoms with Gasteiger partial charge in [-0.05, 0) is 36.4 Å². The fourth-order valence-corrected chi connectivity index (χ4v) is 3.15. The zero-order valence-electron chi connectivity index (χ0n) is 14.8. The molecule has 2 heterocycles. The second-order valence-electron chi connectivity index (χ2n) is 6.12. The minimum absolute atomic E-state index is 0.313. The maximum Gasteiger partial charge on any atom is 0.342 e. The first-order valence-electron chi connectivity index (χ1n) is 8.66. The van der Waals surface area contributed by atoms with Gasteiger partial charge in [0.05, 0.1) is 19.1 Å². The zero-order chi connectivity index (χ0) is 18.6. The highest BCUT2D eigenvalue weighted by molar-refractivity contribution is 6.05. The largest absolute Gasteiger partial charge is 0.496 e. The molecule has 6 heteroatoms. The van der Waals surface area contributed by atoms with Crippen molar-refractivity contribution in [2.45, 2.75) is 12.5 Å². The van der Waals surface area contributed by atoms with E-state index >= 15 is 0 Å². The van der Waals surface area contributed by atoms with E-state index in [0.29, 0.717) is 17.9 Å². The Bertz CT molecular complexity index is 952. The first kappa shape index (κ1) is 16.9. The number of nitrogens with one attached hydrogen (secondary N) is 1. The summed E-state index contributed by atoms with van der Waals surface area (Å²) in [6.07, 6.45) is 2.14. The van der Waals surface area contributed by atoms with Crippen molar-refractivity contribution in [3.05, 3.63) is 84.3 Å². The molecule has 27 heavy (non-hydrogen) atoms. The third-order valence-electron chi connectivity index (χ3n) is 4.43. The molecule has 2 amide bonds. The number of anilines is 1. The molecule has 1 N–H and O–H groups in total. The average Bonchev–Trinajstić information content (AvgIpc) is 3.38. The van der Waals surface area contributed by atoms with Gasteiger partial charge in [-0.15, -0.1) is 0 Å². The Kier molecular flexibility index (Phi) is 4.61. The number of carbonyl (C=O) groups excluding carboxylic acids is 1. The molecule has 0 unspecified atom stereocenters. The van der Waals surface area contributed by atoms with Crippen molar-refractivity contribution in [2.24, 2.45) is 5.10 Å². The van der Waals surface area contributed by atoms with E-state index in [2.05, 4.69) is 10.4 Å². The molecule has 0 fully saturated rings. The van der Waals surface area contributed by atoms with Crippen LogP contribution in [0.25, 0.3) is 0 Å². The topological polar surface area (TPSA) is 67.1 Å². The first-order valence-corrected chi connectivity index (χ1v) is 8.66. The van der Waals surface area contributed by atoms with Gasteiger partial charge in [0, 0.05) is 17.7 Å². The lowest BCUT2D eigenvalue weighted by Crippen LogP contribution is -2.31. The van der Waals surface area contributed by atoms with Gasteiger partial charge in [0.1, 0.15) is 17.6 Å². The number of hydrazone groups is 1. The van der Waals surface area contributed by atoms with E-state index in [0.717, 1.165) is 17.0 Å². The number of rotatable bonds is 4. The number of hydrogen-bond acceptors (Lipinski definition) is 4. The Labute approximate surface area is 157 Å². The van der Waals surface area contributed by atoms with Crippen LogP contribution in [0.3, 0.4) is 0 Å². The van der Waals surface area contributed by atoms with Crippen LogP contribution in [-0.2, 0) is 0 Å². The quantitative estimate of drug-likeness (QED) is 0.734. The Morgan fingerprint density at radius 2 is 1.89 bits per heavy atom. The number of urea groups is 1. The van der Waals surface area contributed by atoms with Gasteiger partial charge in [0.25, 0.3) is 0 Å². The van der Waals surface area contributed by atoms with E-state index in [1.54, 1.807) is 13.4 Å². The molecule has 1 aliphatic heterocycles. The number of para-hydroxylation sites is 2. The number of hydrogen-bond donors (Lipinski definition) is 1. The minimum atomic E-state index is -0.316. The van der Waals surface area contributed by atoms with E-state index in [1.807, 2.05) is 66.7 Å². The molecule has 0 bridgehead atoms. The lowest BCUT2D eigenvalue weighted by atomic mass is 10.0. The third kappa shape index (κ3) is 3.42. The van der Waals surface area contributed by atoms with Gasteiger partial charge >= 0.3 is 6.03 Å². The van der Waals surface area contributed by atoms with E-state index in [1.165, 1.54) is 5.01 Å². The predicted octanol–water partition coefficient (Wildman–Crippen LogP) is 4.67. The molecule has 1 aromatic heterocycles. The molecule has 6 nitrogen and oxygen atoms in total. The van der Waals surface area contributed by atoms with Crippen molar-refractivity contribution < 1.29 is 13.9 Å². The summed E-state index contributed by atoms with van der Waals surface area (Å²) in [5, 5.41) is 8.92. The van der Waals surface area contributed by atoms with Gasteiger partial charge in [0.2, 0.25) is 0 Å². The van der Waals surface area contributed by atoms with Gasteiger partial charge in [-0.1, -0.05) is 30.3 Å². The number of ether oxygens (including phenoxy) is 1. The molecule has 4 rings (SSSR count). The molecular weight excluding hydrogens is 342 g/mol. The number of methoxy groups -OCH3 is 1. The summed E-state index contributed by atoms with van der Waals surface area (Å²) in [5.74, 6) is 1.41. The van der Waals surface area contributed by atoms with Crippen molar-refractivity contribution in [1.82, 2.24) is 5.01 Å². The molecule has 1 aliphatic rings. The van der Waals surface area contributed by atoms with E-state index in [4.69, 9.17) is 9.15 Å². The Hall–Kier alpha value is -3.54. The standard InChI is InChI=1S/C21H19N3O3/c1-26-19-11-6-5-10-16(19)17-14-18(20-12-7-13-27-20)24(23-17)21(25)22-15-8-3-2-4-9-15/h2-13,18H,14H2,1H3,(H,22,25)/t18-/m1/s1. The van der Waals surface area contributed by atoms with Gasteiger partial charge in [-0.3, -0.25) is 0 Å². The highest BCUT2D eigenvalue weighted by Crippen LogP contribution is 2.35. The first-order chi connectivity index (χ1) is 13.3. The van der Waals surface area contributed by atoms with Crippen LogP contribution >= 0.6 is 0 Å². The van der Waals surface area contributed by atoms with Gasteiger partial charge < -0.3 is 14.5 Å². The van der Waals surface area contributed by atoms with Crippen LogP contribution in [-0.4, -0.2) is 23.9 Å². The monoisotopic (exact) mass is 361 g/mol. The highest BCUT2D eigenvalue weighted by Gasteiger charge is 2.35. The van der Waals surface area contributed by atoms with E-state index in [9.17, 15) is 4.79 Å². The van der Waals surface area contributed by atoms with Crippen molar-refractivity contribution in [3.8, 4) is 5.75 Å². The molecule has 0 radical (unpaired) electrons. The molecule has 136 valence electrons. The van der Waals surface area contributed by atoms with Crippen LogP contribution < -0.4 is 10.1 Å². The normalized spacial score (nSPS) is 16.1. The lowest BCUT2D eigenvalue weighted by Gasteiger charge is -2.20. The third-order valence-corrected chi connectivity index (χ3v) is 4.43. The van der Waals surface area contributed by atoms with Crippen molar-refractivity contribution in [3.63, 3.8) is 0 Å². The smallest absolute Gasteiger partial charge is 0.342 e. The second-order valence-corrected chi connectivity index (χ2v) is 6.12. The van der Waals surface area contributed by atoms with Crippen molar-refractivity contribution in [2.75, 3.05) is 12.4 Å². The van der Waals surface area contributed by atoms with E-state index < -0.39 is 0 Å². The molecule has 0 saturated carbocycles. The van der Waals surface area contributed by atoms with Crippen LogP contribution in [0.4, 0.5) is 10.5 Å². The number of amides is 2. The fourth-order valence-electron chi connectivity index (χ4n) is 3.15. The molecule has 3 aromatic rings. The van der Waals surface area contributed by atoms with Crippen molar-refractivity contribution in [1.29, 1.82) is 0 Å². The second kappa shape index (κ2) is 7.37. The summed E-state index contributed by atoms with van der Waals surface area (Å²) in [6.45, 7) is 0. The lowest BCUT2D eigenvalue weighted by molar-refractivity contribution is 0.192. The van der Waals surface area contributed by atoms with Crippen LogP contribution in [0.1, 0.15) is 23.8 Å². The molecule has 0 saturated heterocycles. The van der Waals surface area contributed by atoms with Gasteiger partial charge in [0.15, 0.2) is 0 Å². The number of furan rings is 1. The number of carbonyl (C=O) groups is 1. The summed E-state index contributed by atoms with van der Waals surface area (Å²) >= 11 is 0. The number of benzene rings is 2. The molecule has 0 aliphatic carbocycles. The van der Waals surface area contributed by atoms with Gasteiger partial charge in [-0.2, -0.15) is 5.10 Å². The summed E-state index contributed by atoms with van der Waals surface area (Å²) in [4.78, 5) is 12.9. The summed E-state index contributed by atoms with van der Waals surface area (Å²) in [6, 6.07) is 20.0. The van der Waals surface area contributed by atoms with Crippen LogP contribution in [0.5, 0.6) is 5.75 Å². The maximum atomic E-state index is 12.9. The van der Waals surface area contributed by atoms with Gasteiger partial charge in [-0.25, -0.2) is 9.80 Å². The average molecular weight is 361 g/mol. The number of nitrogens with zero attached hydrogens (tertiary/aromatic N) is 2. The van der Waals surface area contributed by atoms with Crippen LogP contribution in [0.15, 0.2) is 82.5 Å². The zero-order valence-corrected chi connectivity index (χ0v) is 14.8. The van der Waals surface area contributed by atoms with Crippen LogP contribution in [0, 0.1) is 0 Å². The molecule has 0 spiro atoms. The molecule has 2 aromatic carbocycles.